The van der Waals surface area contributed by atoms with E-state index < -0.39 is 5.60 Å². The fraction of sp³-hybridized carbons (Fsp3) is 0.667. The number of ether oxygens (including phenoxy) is 2. The molecule has 4 heteroatoms. The first-order valence-corrected chi connectivity index (χ1v) is 8.08. The maximum atomic E-state index is 11.2. The van der Waals surface area contributed by atoms with E-state index in [4.69, 9.17) is 9.47 Å². The first-order chi connectivity index (χ1) is 10.3. The largest absolute Gasteiger partial charge is 0.488 e. The van der Waals surface area contributed by atoms with Gasteiger partial charge in [-0.3, -0.25) is 4.90 Å². The van der Waals surface area contributed by atoms with Gasteiger partial charge in [-0.25, -0.2) is 0 Å². The summed E-state index contributed by atoms with van der Waals surface area (Å²) in [7, 11) is 2.14. The SMILES string of the molecule is CN1C2COCC1CC(O)(c1ccc(OC(C)(C)C)cc1)C2. The highest BCUT2D eigenvalue weighted by Gasteiger charge is 2.45. The van der Waals surface area contributed by atoms with Crippen molar-refractivity contribution in [3.8, 4) is 5.75 Å². The molecule has 2 atom stereocenters. The maximum Gasteiger partial charge on any atom is 0.120 e. The van der Waals surface area contributed by atoms with Crippen LogP contribution in [0.3, 0.4) is 0 Å². The van der Waals surface area contributed by atoms with Crippen molar-refractivity contribution in [3.63, 3.8) is 0 Å². The van der Waals surface area contributed by atoms with Gasteiger partial charge in [0.2, 0.25) is 0 Å². The molecule has 22 heavy (non-hydrogen) atoms. The van der Waals surface area contributed by atoms with Crippen molar-refractivity contribution in [2.24, 2.45) is 0 Å². The van der Waals surface area contributed by atoms with Crippen LogP contribution in [0.25, 0.3) is 0 Å². The number of hydrogen-bond acceptors (Lipinski definition) is 4. The highest BCUT2D eigenvalue weighted by Crippen LogP contribution is 2.40. The van der Waals surface area contributed by atoms with Gasteiger partial charge in [-0.05, 0) is 58.4 Å². The second-order valence-corrected chi connectivity index (χ2v) is 7.69. The average molecular weight is 305 g/mol. The van der Waals surface area contributed by atoms with Crippen LogP contribution in [0.1, 0.15) is 39.2 Å². The lowest BCUT2D eigenvalue weighted by Crippen LogP contribution is -2.59. The Labute approximate surface area is 133 Å². The lowest BCUT2D eigenvalue weighted by atomic mass is 9.77. The summed E-state index contributed by atoms with van der Waals surface area (Å²) < 4.78 is 11.5. The summed E-state index contributed by atoms with van der Waals surface area (Å²) in [5.41, 5.74) is 0.0189. The van der Waals surface area contributed by atoms with Gasteiger partial charge in [-0.1, -0.05) is 12.1 Å². The summed E-state index contributed by atoms with van der Waals surface area (Å²) in [5, 5.41) is 11.2. The van der Waals surface area contributed by atoms with E-state index in [-0.39, 0.29) is 5.60 Å². The maximum absolute atomic E-state index is 11.2. The average Bonchev–Trinajstić information content (AvgIpc) is 2.40. The molecule has 1 aromatic carbocycles. The van der Waals surface area contributed by atoms with E-state index in [0.717, 1.165) is 24.2 Å². The Balaban J connectivity index is 1.78. The standard InChI is InChI=1S/C18H27NO3/c1-17(2,3)22-16-7-5-13(6-8-16)18(20)9-14-11-21-12-15(10-18)19(14)4/h5-8,14-15,20H,9-12H2,1-4H3. The lowest BCUT2D eigenvalue weighted by molar-refractivity contribution is -0.137. The molecule has 122 valence electrons. The van der Waals surface area contributed by atoms with Crippen molar-refractivity contribution in [1.29, 1.82) is 0 Å². The summed E-state index contributed by atoms with van der Waals surface area (Å²) in [6.45, 7) is 7.52. The van der Waals surface area contributed by atoms with Crippen molar-refractivity contribution >= 4 is 0 Å². The predicted octanol–water partition coefficient (Wildman–Crippen LogP) is 2.54. The van der Waals surface area contributed by atoms with Gasteiger partial charge in [-0.2, -0.15) is 0 Å². The number of nitrogens with zero attached hydrogens (tertiary/aromatic N) is 1. The molecule has 2 aliphatic rings. The zero-order valence-corrected chi connectivity index (χ0v) is 14.0. The third kappa shape index (κ3) is 3.14. The summed E-state index contributed by atoms with van der Waals surface area (Å²) in [6, 6.07) is 8.52. The molecule has 3 rings (SSSR count). The van der Waals surface area contributed by atoms with Crippen molar-refractivity contribution in [3.05, 3.63) is 29.8 Å². The molecule has 0 saturated carbocycles. The number of benzene rings is 1. The van der Waals surface area contributed by atoms with Gasteiger partial charge in [0.1, 0.15) is 11.4 Å². The zero-order valence-electron chi connectivity index (χ0n) is 14.0. The van der Waals surface area contributed by atoms with E-state index in [1.807, 2.05) is 45.0 Å². The number of aliphatic hydroxyl groups is 1. The van der Waals surface area contributed by atoms with Crippen LogP contribution in [-0.4, -0.2) is 48.0 Å². The number of morpholine rings is 1. The van der Waals surface area contributed by atoms with Crippen molar-refractivity contribution in [2.75, 3.05) is 20.3 Å². The Bertz CT molecular complexity index is 506. The quantitative estimate of drug-likeness (QED) is 0.912. The molecule has 0 aliphatic carbocycles. The Morgan fingerprint density at radius 3 is 2.18 bits per heavy atom. The second-order valence-electron chi connectivity index (χ2n) is 7.69. The van der Waals surface area contributed by atoms with Gasteiger partial charge in [0, 0.05) is 12.1 Å². The lowest BCUT2D eigenvalue weighted by Gasteiger charge is -2.50. The van der Waals surface area contributed by atoms with E-state index in [2.05, 4.69) is 11.9 Å². The van der Waals surface area contributed by atoms with E-state index in [1.165, 1.54) is 0 Å². The second kappa shape index (κ2) is 5.52. The van der Waals surface area contributed by atoms with Crippen LogP contribution in [0.5, 0.6) is 5.75 Å². The van der Waals surface area contributed by atoms with Crippen LogP contribution in [-0.2, 0) is 10.3 Å². The van der Waals surface area contributed by atoms with Crippen molar-refractivity contribution in [2.45, 2.75) is 56.9 Å². The van der Waals surface area contributed by atoms with Crippen LogP contribution < -0.4 is 4.74 Å². The van der Waals surface area contributed by atoms with Crippen molar-refractivity contribution < 1.29 is 14.6 Å². The predicted molar refractivity (Wildman–Crippen MR) is 86.1 cm³/mol. The summed E-state index contributed by atoms with van der Waals surface area (Å²) in [5.74, 6) is 0.844. The van der Waals surface area contributed by atoms with Crippen molar-refractivity contribution in [1.82, 2.24) is 4.90 Å². The smallest absolute Gasteiger partial charge is 0.120 e. The molecule has 2 aliphatic heterocycles. The van der Waals surface area contributed by atoms with Crippen LogP contribution in [0.2, 0.25) is 0 Å². The van der Waals surface area contributed by atoms with Crippen LogP contribution in [0.15, 0.2) is 24.3 Å². The Morgan fingerprint density at radius 1 is 1.14 bits per heavy atom. The molecule has 2 unspecified atom stereocenters. The normalized spacial score (nSPS) is 32.8. The van der Waals surface area contributed by atoms with Gasteiger partial charge < -0.3 is 14.6 Å². The summed E-state index contributed by atoms with van der Waals surface area (Å²) in [6.07, 6.45) is 1.44. The van der Waals surface area contributed by atoms with Crippen LogP contribution in [0, 0.1) is 0 Å². The number of rotatable bonds is 2. The molecule has 0 radical (unpaired) electrons. The topological polar surface area (TPSA) is 41.9 Å². The van der Waals surface area contributed by atoms with Crippen LogP contribution >= 0.6 is 0 Å². The molecule has 2 bridgehead atoms. The molecule has 4 nitrogen and oxygen atoms in total. The summed E-state index contributed by atoms with van der Waals surface area (Å²) >= 11 is 0. The molecule has 2 saturated heterocycles. The number of likely N-dealkylation sites (N-methyl/N-ethyl adjacent to an activating group) is 1. The molecule has 0 aromatic heterocycles. The third-order valence-corrected chi connectivity index (χ3v) is 4.73. The highest BCUT2D eigenvalue weighted by atomic mass is 16.5. The van der Waals surface area contributed by atoms with E-state index in [9.17, 15) is 5.11 Å². The van der Waals surface area contributed by atoms with Gasteiger partial charge in [0.05, 0.1) is 18.8 Å². The molecule has 2 fully saturated rings. The summed E-state index contributed by atoms with van der Waals surface area (Å²) in [4.78, 5) is 2.36. The molecule has 0 amide bonds. The number of piperidine rings is 1. The van der Waals surface area contributed by atoms with E-state index in [0.29, 0.717) is 25.3 Å². The fourth-order valence-electron chi connectivity index (χ4n) is 3.56. The fourth-order valence-corrected chi connectivity index (χ4v) is 3.56. The van der Waals surface area contributed by atoms with Gasteiger partial charge >= 0.3 is 0 Å². The van der Waals surface area contributed by atoms with Gasteiger partial charge in [-0.15, -0.1) is 0 Å². The Morgan fingerprint density at radius 2 is 1.68 bits per heavy atom. The van der Waals surface area contributed by atoms with Gasteiger partial charge in [0.25, 0.3) is 0 Å². The van der Waals surface area contributed by atoms with E-state index in [1.54, 1.807) is 0 Å². The molecule has 1 N–H and O–H groups in total. The molecular formula is C18H27NO3. The molecule has 0 spiro atoms. The first-order valence-electron chi connectivity index (χ1n) is 8.08. The molecule has 2 heterocycles. The minimum atomic E-state index is -0.758. The minimum Gasteiger partial charge on any atom is -0.488 e. The highest BCUT2D eigenvalue weighted by molar-refractivity contribution is 5.32. The molecular weight excluding hydrogens is 278 g/mol. The monoisotopic (exact) mass is 305 g/mol. The number of hydrogen-bond donors (Lipinski definition) is 1. The Hall–Kier alpha value is -1.10. The van der Waals surface area contributed by atoms with Gasteiger partial charge in [0.15, 0.2) is 0 Å². The minimum absolute atomic E-state index is 0.208. The first kappa shape index (κ1) is 15.8. The number of fused-ring (bicyclic) bond motifs is 2. The van der Waals surface area contributed by atoms with E-state index >= 15 is 0 Å². The zero-order chi connectivity index (χ0) is 16.0. The third-order valence-electron chi connectivity index (χ3n) is 4.73. The molecule has 1 aromatic rings. The Kier molecular flexibility index (Phi) is 3.96. The van der Waals surface area contributed by atoms with Crippen LogP contribution in [0.4, 0.5) is 0 Å².